The number of aryl methyl sites for hydroxylation is 1. The fourth-order valence-corrected chi connectivity index (χ4v) is 2.90. The number of aromatic nitrogens is 2. The zero-order valence-electron chi connectivity index (χ0n) is 14.8. The van der Waals surface area contributed by atoms with Crippen LogP contribution in [0.2, 0.25) is 0 Å². The van der Waals surface area contributed by atoms with Crippen molar-refractivity contribution in [2.45, 2.75) is 13.3 Å². The lowest BCUT2D eigenvalue weighted by Crippen LogP contribution is -2.51. The molecule has 0 saturated carbocycles. The van der Waals surface area contributed by atoms with E-state index in [1.165, 1.54) is 18.6 Å². The summed E-state index contributed by atoms with van der Waals surface area (Å²) in [6.07, 6.45) is 5.34. The van der Waals surface area contributed by atoms with Crippen LogP contribution in [0.1, 0.15) is 23.0 Å². The van der Waals surface area contributed by atoms with Gasteiger partial charge in [-0.3, -0.25) is 14.6 Å². The van der Waals surface area contributed by atoms with Crippen LogP contribution in [0.5, 0.6) is 5.75 Å². The number of hydrogen-bond acceptors (Lipinski definition) is 5. The van der Waals surface area contributed by atoms with Gasteiger partial charge in [0.1, 0.15) is 11.4 Å². The van der Waals surface area contributed by atoms with Crippen LogP contribution in [0.4, 0.5) is 0 Å². The zero-order valence-corrected chi connectivity index (χ0v) is 14.8. The predicted molar refractivity (Wildman–Crippen MR) is 95.8 cm³/mol. The van der Waals surface area contributed by atoms with Crippen molar-refractivity contribution in [2.24, 2.45) is 0 Å². The van der Waals surface area contributed by atoms with Crippen molar-refractivity contribution in [1.29, 1.82) is 0 Å². The van der Waals surface area contributed by atoms with E-state index >= 15 is 0 Å². The van der Waals surface area contributed by atoms with Gasteiger partial charge in [-0.1, -0.05) is 25.1 Å². The molecular weight excluding hydrogens is 332 g/mol. The molecule has 0 aliphatic carbocycles. The highest BCUT2D eigenvalue weighted by atomic mass is 16.5. The highest BCUT2D eigenvalue weighted by Crippen LogP contribution is 2.18. The molecule has 0 N–H and O–H groups in total. The van der Waals surface area contributed by atoms with Crippen LogP contribution in [-0.2, 0) is 11.2 Å². The van der Waals surface area contributed by atoms with Gasteiger partial charge in [-0.2, -0.15) is 0 Å². The summed E-state index contributed by atoms with van der Waals surface area (Å²) in [4.78, 5) is 36.1. The molecule has 2 aromatic rings. The lowest BCUT2D eigenvalue weighted by molar-refractivity contribution is -0.134. The molecule has 1 aliphatic heterocycles. The van der Waals surface area contributed by atoms with Gasteiger partial charge >= 0.3 is 0 Å². The number of ether oxygens (including phenoxy) is 1. The molecule has 0 spiro atoms. The van der Waals surface area contributed by atoms with E-state index in [0.29, 0.717) is 31.9 Å². The Morgan fingerprint density at radius 3 is 2.50 bits per heavy atom. The molecule has 0 bridgehead atoms. The van der Waals surface area contributed by atoms with Crippen LogP contribution in [0, 0.1) is 0 Å². The second-order valence-electron chi connectivity index (χ2n) is 6.01. The Balaban J connectivity index is 1.50. The SMILES string of the molecule is CCc1ccccc1OCC(=O)N1CCN(C(=O)c2cnccn2)CC1. The predicted octanol–water partition coefficient (Wildman–Crippen LogP) is 1.40. The number of rotatable bonds is 5. The van der Waals surface area contributed by atoms with Crippen molar-refractivity contribution < 1.29 is 14.3 Å². The van der Waals surface area contributed by atoms with Crippen LogP contribution in [0.15, 0.2) is 42.9 Å². The van der Waals surface area contributed by atoms with E-state index in [0.717, 1.165) is 17.7 Å². The number of amides is 2. The molecule has 0 radical (unpaired) electrons. The first-order chi connectivity index (χ1) is 12.7. The highest BCUT2D eigenvalue weighted by molar-refractivity contribution is 5.92. The summed E-state index contributed by atoms with van der Waals surface area (Å²) in [6, 6.07) is 7.73. The van der Waals surface area contributed by atoms with Crippen LogP contribution < -0.4 is 4.74 Å². The summed E-state index contributed by atoms with van der Waals surface area (Å²) in [7, 11) is 0. The summed E-state index contributed by atoms with van der Waals surface area (Å²) in [5.74, 6) is 0.528. The smallest absolute Gasteiger partial charge is 0.274 e. The Morgan fingerprint density at radius 2 is 1.81 bits per heavy atom. The molecule has 2 heterocycles. The van der Waals surface area contributed by atoms with Gasteiger partial charge in [-0.25, -0.2) is 4.98 Å². The Kier molecular flexibility index (Phi) is 5.78. The molecule has 1 aromatic heterocycles. The van der Waals surface area contributed by atoms with E-state index in [1.54, 1.807) is 9.80 Å². The molecule has 1 fully saturated rings. The molecule has 1 saturated heterocycles. The molecular formula is C19H22N4O3. The average molecular weight is 354 g/mol. The topological polar surface area (TPSA) is 75.6 Å². The van der Waals surface area contributed by atoms with Crippen molar-refractivity contribution in [3.05, 3.63) is 54.1 Å². The van der Waals surface area contributed by atoms with E-state index in [4.69, 9.17) is 4.74 Å². The number of piperazine rings is 1. The molecule has 0 unspecified atom stereocenters. The number of carbonyl (C=O) groups excluding carboxylic acids is 2. The molecule has 1 aromatic carbocycles. The maximum atomic E-state index is 12.4. The van der Waals surface area contributed by atoms with Gasteiger partial charge < -0.3 is 14.5 Å². The summed E-state index contributed by atoms with van der Waals surface area (Å²) in [5, 5.41) is 0. The third kappa shape index (κ3) is 4.17. The Bertz CT molecular complexity index is 758. The maximum absolute atomic E-state index is 12.4. The van der Waals surface area contributed by atoms with E-state index < -0.39 is 0 Å². The Morgan fingerprint density at radius 1 is 1.08 bits per heavy atom. The summed E-state index contributed by atoms with van der Waals surface area (Å²) < 4.78 is 5.70. The zero-order chi connectivity index (χ0) is 18.4. The number of nitrogens with zero attached hydrogens (tertiary/aromatic N) is 4. The average Bonchev–Trinajstić information content (AvgIpc) is 2.72. The summed E-state index contributed by atoms with van der Waals surface area (Å²) in [6.45, 7) is 4.00. The van der Waals surface area contributed by atoms with Gasteiger partial charge in [0.2, 0.25) is 0 Å². The lowest BCUT2D eigenvalue weighted by Gasteiger charge is -2.34. The molecule has 7 heteroatoms. The van der Waals surface area contributed by atoms with Crippen LogP contribution >= 0.6 is 0 Å². The first-order valence-electron chi connectivity index (χ1n) is 8.72. The number of hydrogen-bond donors (Lipinski definition) is 0. The molecule has 26 heavy (non-hydrogen) atoms. The molecule has 136 valence electrons. The van der Waals surface area contributed by atoms with Crippen molar-refractivity contribution in [3.8, 4) is 5.75 Å². The van der Waals surface area contributed by atoms with Crippen LogP contribution in [0.3, 0.4) is 0 Å². The lowest BCUT2D eigenvalue weighted by atomic mass is 10.1. The largest absolute Gasteiger partial charge is 0.483 e. The minimum Gasteiger partial charge on any atom is -0.483 e. The van der Waals surface area contributed by atoms with Crippen molar-refractivity contribution in [3.63, 3.8) is 0 Å². The van der Waals surface area contributed by atoms with E-state index in [1.807, 2.05) is 24.3 Å². The van der Waals surface area contributed by atoms with Gasteiger partial charge in [-0.15, -0.1) is 0 Å². The van der Waals surface area contributed by atoms with Crippen LogP contribution in [-0.4, -0.2) is 64.4 Å². The fourth-order valence-electron chi connectivity index (χ4n) is 2.90. The Labute approximate surface area is 152 Å². The first kappa shape index (κ1) is 17.8. The van der Waals surface area contributed by atoms with Crippen molar-refractivity contribution in [1.82, 2.24) is 19.8 Å². The van der Waals surface area contributed by atoms with Gasteiger partial charge in [0, 0.05) is 38.6 Å². The number of carbonyl (C=O) groups is 2. The minimum absolute atomic E-state index is 0.00905. The van der Waals surface area contributed by atoms with E-state index in [2.05, 4.69) is 16.9 Å². The first-order valence-corrected chi connectivity index (χ1v) is 8.72. The summed E-state index contributed by atoms with van der Waals surface area (Å²) in [5.41, 5.74) is 1.41. The maximum Gasteiger partial charge on any atom is 0.274 e. The van der Waals surface area contributed by atoms with Gasteiger partial charge in [-0.05, 0) is 18.1 Å². The van der Waals surface area contributed by atoms with Gasteiger partial charge in [0.05, 0.1) is 6.20 Å². The van der Waals surface area contributed by atoms with E-state index in [-0.39, 0.29) is 18.4 Å². The molecule has 2 amide bonds. The minimum atomic E-state index is -0.154. The third-order valence-electron chi connectivity index (χ3n) is 4.41. The fraction of sp³-hybridized carbons (Fsp3) is 0.368. The normalized spacial score (nSPS) is 14.2. The second kappa shape index (κ2) is 8.42. The number of benzene rings is 1. The second-order valence-corrected chi connectivity index (χ2v) is 6.01. The quantitative estimate of drug-likeness (QED) is 0.811. The highest BCUT2D eigenvalue weighted by Gasteiger charge is 2.25. The summed E-state index contributed by atoms with van der Waals surface area (Å²) >= 11 is 0. The number of para-hydroxylation sites is 1. The third-order valence-corrected chi connectivity index (χ3v) is 4.41. The molecule has 7 nitrogen and oxygen atoms in total. The van der Waals surface area contributed by atoms with Crippen LogP contribution in [0.25, 0.3) is 0 Å². The molecule has 1 aliphatic rings. The Hall–Kier alpha value is -2.96. The van der Waals surface area contributed by atoms with Crippen molar-refractivity contribution in [2.75, 3.05) is 32.8 Å². The standard InChI is InChI=1S/C19H22N4O3/c1-2-15-5-3-4-6-17(15)26-14-18(24)22-9-11-23(12-10-22)19(25)16-13-20-7-8-21-16/h3-8,13H,2,9-12,14H2,1H3. The molecule has 3 rings (SSSR count). The van der Waals surface area contributed by atoms with Gasteiger partial charge in [0.15, 0.2) is 6.61 Å². The monoisotopic (exact) mass is 354 g/mol. The van der Waals surface area contributed by atoms with Crippen molar-refractivity contribution >= 4 is 11.8 Å². The molecule has 0 atom stereocenters. The van der Waals surface area contributed by atoms with E-state index in [9.17, 15) is 9.59 Å². The van der Waals surface area contributed by atoms with Gasteiger partial charge in [0.25, 0.3) is 11.8 Å².